The molecule has 2 aliphatic carbocycles. The van der Waals surface area contributed by atoms with Gasteiger partial charge in [-0.2, -0.15) is 14.9 Å². The molecule has 6 aromatic rings. The highest BCUT2D eigenvalue weighted by Crippen LogP contribution is 2.27. The third-order valence-electron chi connectivity index (χ3n) is 7.84. The molecule has 13 nitrogen and oxygen atoms in total. The number of carbonyl (C=O) groups excluding carboxylic acids is 1. The van der Waals surface area contributed by atoms with Crippen molar-refractivity contribution in [2.24, 2.45) is 0 Å². The summed E-state index contributed by atoms with van der Waals surface area (Å²) in [6.45, 7) is 0. The normalized spacial score (nSPS) is 13.5. The van der Waals surface area contributed by atoms with E-state index in [0.29, 0.717) is 28.2 Å². The highest BCUT2D eigenvalue weighted by molar-refractivity contribution is 6.06. The average molecular weight is 597 g/mol. The van der Waals surface area contributed by atoms with E-state index < -0.39 is 5.97 Å². The van der Waals surface area contributed by atoms with E-state index in [9.17, 15) is 9.59 Å². The second-order valence-electron chi connectivity index (χ2n) is 10.5. The molecule has 0 radical (unpaired) electrons. The molecule has 13 heteroatoms. The number of hydrogen-bond acceptors (Lipinski definition) is 8. The molecule has 0 fully saturated rings. The van der Waals surface area contributed by atoms with Crippen molar-refractivity contribution in [1.29, 1.82) is 0 Å². The van der Waals surface area contributed by atoms with E-state index in [-0.39, 0.29) is 18.9 Å². The van der Waals surface area contributed by atoms with Crippen LogP contribution in [0.4, 0.5) is 11.6 Å². The van der Waals surface area contributed by atoms with Crippen LogP contribution in [0.3, 0.4) is 0 Å². The monoisotopic (exact) mass is 596 g/mol. The molecule has 8 rings (SSSR count). The molecular formula is C31H36N10O3. The molecule has 0 saturated carbocycles. The Balaban J connectivity index is 0.000000142. The Morgan fingerprint density at radius 1 is 0.795 bits per heavy atom. The molecule has 0 aliphatic heterocycles. The lowest BCUT2D eigenvalue weighted by atomic mass is 9.98. The van der Waals surface area contributed by atoms with Gasteiger partial charge >= 0.3 is 5.97 Å². The summed E-state index contributed by atoms with van der Waals surface area (Å²) in [5.41, 5.74) is 19.7. The van der Waals surface area contributed by atoms with Gasteiger partial charge in [-0.1, -0.05) is 19.6 Å². The third kappa shape index (κ3) is 5.76. The fraction of sp³-hybridized carbons (Fsp3) is 0.290. The number of anilines is 2. The number of carboxylic acids is 1. The van der Waals surface area contributed by atoms with E-state index in [0.717, 1.165) is 60.8 Å². The zero-order chi connectivity index (χ0) is 29.9. The Hall–Kier alpha value is -5.46. The van der Waals surface area contributed by atoms with Gasteiger partial charge in [-0.3, -0.25) is 9.89 Å². The largest absolute Gasteiger partial charge is 0.478 e. The highest BCUT2D eigenvalue weighted by Gasteiger charge is 2.24. The van der Waals surface area contributed by atoms with Crippen molar-refractivity contribution in [2.45, 2.75) is 58.8 Å². The Labute approximate surface area is 253 Å². The number of fused-ring (bicyclic) bond motifs is 4. The number of imidazole rings is 2. The number of para-hydroxylation sites is 2. The van der Waals surface area contributed by atoms with E-state index in [4.69, 9.17) is 16.6 Å². The van der Waals surface area contributed by atoms with Crippen LogP contribution in [0.2, 0.25) is 0 Å². The van der Waals surface area contributed by atoms with E-state index in [2.05, 4.69) is 35.2 Å². The van der Waals surface area contributed by atoms with Gasteiger partial charge in [0.15, 0.2) is 0 Å². The number of aromatic carboxylic acids is 1. The van der Waals surface area contributed by atoms with Gasteiger partial charge in [0.2, 0.25) is 0 Å². The lowest BCUT2D eigenvalue weighted by Gasteiger charge is -2.08. The molecule has 4 aromatic heterocycles. The average Bonchev–Trinajstić information content (AvgIpc) is 3.84. The summed E-state index contributed by atoms with van der Waals surface area (Å²) in [4.78, 5) is 37.4. The number of nitrogens with zero attached hydrogens (tertiary/aromatic N) is 5. The number of aromatic nitrogens is 8. The fourth-order valence-corrected chi connectivity index (χ4v) is 5.63. The molecule has 2 aromatic carbocycles. The lowest BCUT2D eigenvalue weighted by molar-refractivity contribution is 0.0698. The van der Waals surface area contributed by atoms with Crippen LogP contribution in [-0.2, 0) is 25.7 Å². The van der Waals surface area contributed by atoms with Gasteiger partial charge in [0.25, 0.3) is 5.91 Å². The zero-order valence-electron chi connectivity index (χ0n) is 23.4. The molecule has 4 heterocycles. The molecular weight excluding hydrogens is 560 g/mol. The van der Waals surface area contributed by atoms with Gasteiger partial charge in [0, 0.05) is 16.8 Å². The van der Waals surface area contributed by atoms with Crippen LogP contribution >= 0.6 is 0 Å². The zero-order valence-corrected chi connectivity index (χ0v) is 23.4. The summed E-state index contributed by atoms with van der Waals surface area (Å²) < 4.78 is 1.33. The van der Waals surface area contributed by atoms with Crippen molar-refractivity contribution >= 4 is 45.6 Å². The van der Waals surface area contributed by atoms with Crippen molar-refractivity contribution in [1.82, 2.24) is 39.9 Å². The molecule has 0 saturated heterocycles. The third-order valence-corrected chi connectivity index (χ3v) is 7.84. The summed E-state index contributed by atoms with van der Waals surface area (Å²) >= 11 is 0. The maximum absolute atomic E-state index is 12.8. The van der Waals surface area contributed by atoms with Crippen LogP contribution in [0.5, 0.6) is 0 Å². The van der Waals surface area contributed by atoms with E-state index >= 15 is 0 Å². The standard InChI is InChI=1S/C15H15N5O.C8H6N2O2.C7H11N3.CH4/c16-14-9-4-1-2-6-11(9)19-20(14)15(21)10-5-3-7-12-13(10)18-8-17-12;11-8(12)5-2-1-3-6-7(5)10-4-9-6;8-7-5-3-1-2-4-6(5)9-10-7;/h3,5,7-8H,1-2,4,6,16H2,(H,17,18);1-4H,(H,9,10)(H,11,12);1-4H2,(H3,8,9,10);1H4. The van der Waals surface area contributed by atoms with Gasteiger partial charge in [-0.15, -0.1) is 0 Å². The number of nitrogens with one attached hydrogen (secondary N) is 3. The van der Waals surface area contributed by atoms with Gasteiger partial charge in [0.1, 0.15) is 22.7 Å². The van der Waals surface area contributed by atoms with Crippen LogP contribution in [0.1, 0.15) is 76.3 Å². The predicted octanol–water partition coefficient (Wildman–Crippen LogP) is 4.68. The minimum Gasteiger partial charge on any atom is -0.478 e. The smallest absolute Gasteiger partial charge is 0.337 e. The minimum absolute atomic E-state index is 0. The molecule has 2 aliphatic rings. The molecule has 0 amide bonds. The van der Waals surface area contributed by atoms with Crippen molar-refractivity contribution in [2.75, 3.05) is 11.5 Å². The second-order valence-corrected chi connectivity index (χ2v) is 10.5. The molecule has 0 unspecified atom stereocenters. The number of carboxylic acid groups (broad SMARTS) is 1. The van der Waals surface area contributed by atoms with Crippen molar-refractivity contribution in [3.8, 4) is 0 Å². The summed E-state index contributed by atoms with van der Waals surface area (Å²) in [7, 11) is 0. The van der Waals surface area contributed by atoms with Crippen LogP contribution in [-0.4, -0.2) is 56.9 Å². The summed E-state index contributed by atoms with van der Waals surface area (Å²) in [5.74, 6) is 0.00392. The SMILES string of the molecule is C.Nc1c2c(nn1C(=O)c1cccc3[nH]cnc13)CCCC2.Nc1n[nH]c2c1CCCC2.O=C(O)c1cccc2[nH]cnc12. The Kier molecular flexibility index (Phi) is 8.74. The van der Waals surface area contributed by atoms with E-state index in [1.165, 1.54) is 41.2 Å². The number of aromatic amines is 3. The number of H-pyrrole nitrogens is 3. The number of aryl methyl sites for hydroxylation is 2. The Bertz CT molecular complexity index is 1930. The van der Waals surface area contributed by atoms with E-state index in [1.807, 2.05) is 12.1 Å². The van der Waals surface area contributed by atoms with E-state index in [1.54, 1.807) is 24.5 Å². The van der Waals surface area contributed by atoms with Gasteiger partial charge < -0.3 is 26.5 Å². The van der Waals surface area contributed by atoms with Gasteiger partial charge in [0.05, 0.1) is 40.5 Å². The topological polar surface area (TPSA) is 210 Å². The number of benzene rings is 2. The molecule has 0 atom stereocenters. The van der Waals surface area contributed by atoms with Crippen molar-refractivity contribution in [3.05, 3.63) is 82.7 Å². The number of rotatable bonds is 2. The van der Waals surface area contributed by atoms with Crippen molar-refractivity contribution < 1.29 is 14.7 Å². The highest BCUT2D eigenvalue weighted by atomic mass is 16.4. The molecule has 0 spiro atoms. The number of carbonyl (C=O) groups is 2. The lowest BCUT2D eigenvalue weighted by Crippen LogP contribution is -2.17. The first-order valence-corrected chi connectivity index (χ1v) is 14.2. The van der Waals surface area contributed by atoms with Gasteiger partial charge in [-0.05, 0) is 75.6 Å². The van der Waals surface area contributed by atoms with Crippen LogP contribution in [0, 0.1) is 0 Å². The second kappa shape index (κ2) is 12.8. The van der Waals surface area contributed by atoms with Crippen molar-refractivity contribution in [3.63, 3.8) is 0 Å². The maximum Gasteiger partial charge on any atom is 0.337 e. The number of nitrogen functional groups attached to an aromatic ring is 2. The summed E-state index contributed by atoms with van der Waals surface area (Å²) in [6, 6.07) is 10.5. The quantitative estimate of drug-likeness (QED) is 0.164. The number of nitrogens with two attached hydrogens (primary N) is 2. The Morgan fingerprint density at radius 2 is 1.39 bits per heavy atom. The summed E-state index contributed by atoms with van der Waals surface area (Å²) in [6.07, 6.45) is 11.8. The predicted molar refractivity (Wildman–Crippen MR) is 169 cm³/mol. The fourth-order valence-electron chi connectivity index (χ4n) is 5.63. The van der Waals surface area contributed by atoms with Crippen LogP contribution in [0.15, 0.2) is 49.1 Å². The Morgan fingerprint density at radius 3 is 2.02 bits per heavy atom. The molecule has 228 valence electrons. The molecule has 44 heavy (non-hydrogen) atoms. The maximum atomic E-state index is 12.8. The summed E-state index contributed by atoms with van der Waals surface area (Å²) in [5, 5.41) is 20.1. The van der Waals surface area contributed by atoms with Crippen LogP contribution < -0.4 is 11.5 Å². The first-order chi connectivity index (χ1) is 20.9. The minimum atomic E-state index is -0.951. The molecule has 0 bridgehead atoms. The first-order valence-electron chi connectivity index (χ1n) is 14.2. The first kappa shape index (κ1) is 30.0. The number of hydrogen-bond donors (Lipinski definition) is 6. The van der Waals surface area contributed by atoms with Gasteiger partial charge in [-0.25, -0.2) is 14.8 Å². The molecule has 8 N–H and O–H groups in total. The van der Waals surface area contributed by atoms with Crippen LogP contribution in [0.25, 0.3) is 22.1 Å².